The first-order chi connectivity index (χ1) is 4.70. The van der Waals surface area contributed by atoms with Crippen LogP contribution in [0, 0.1) is 5.92 Å². The highest BCUT2D eigenvalue weighted by Crippen LogP contribution is 2.09. The van der Waals surface area contributed by atoms with Crippen molar-refractivity contribution in [2.24, 2.45) is 5.92 Å². The first kappa shape index (κ1) is 7.76. The summed E-state index contributed by atoms with van der Waals surface area (Å²) in [5.41, 5.74) is 0. The molecule has 1 aliphatic rings. The summed E-state index contributed by atoms with van der Waals surface area (Å²) >= 11 is 0. The monoisotopic (exact) mass is 141 g/mol. The molecule has 10 heavy (non-hydrogen) atoms. The van der Waals surface area contributed by atoms with Gasteiger partial charge in [-0.2, -0.15) is 0 Å². The van der Waals surface area contributed by atoms with E-state index in [-0.39, 0.29) is 6.10 Å². The van der Waals surface area contributed by atoms with E-state index in [1.807, 2.05) is 6.92 Å². The highest BCUT2D eigenvalue weighted by Gasteiger charge is 2.15. The minimum atomic E-state index is -0.226. The maximum atomic E-state index is 9.17. The fourth-order valence-electron chi connectivity index (χ4n) is 1.10. The van der Waals surface area contributed by atoms with Crippen LogP contribution in [0.4, 0.5) is 0 Å². The highest BCUT2D eigenvalue weighted by molar-refractivity contribution is 5.01. The number of nitrogens with one attached hydrogen (secondary N) is 1. The molecule has 3 atom stereocenters. The van der Waals surface area contributed by atoms with Gasteiger partial charge in [-0.05, 0) is 13.8 Å². The fourth-order valence-corrected chi connectivity index (χ4v) is 1.10. The van der Waals surface area contributed by atoms with Crippen LogP contribution in [0.15, 0.2) is 12.2 Å². The van der Waals surface area contributed by atoms with Crippen molar-refractivity contribution in [3.8, 4) is 0 Å². The zero-order chi connectivity index (χ0) is 7.56. The summed E-state index contributed by atoms with van der Waals surface area (Å²) in [6.07, 6.45) is 3.96. The van der Waals surface area contributed by atoms with E-state index in [1.54, 1.807) is 0 Å². The molecular formula is C8H15NO. The second-order valence-electron chi connectivity index (χ2n) is 2.99. The van der Waals surface area contributed by atoms with E-state index in [0.29, 0.717) is 12.0 Å². The molecule has 0 aromatic heterocycles. The van der Waals surface area contributed by atoms with Crippen molar-refractivity contribution >= 4 is 0 Å². The third kappa shape index (κ3) is 1.82. The lowest BCUT2D eigenvalue weighted by atomic mass is 9.99. The van der Waals surface area contributed by atoms with Crippen molar-refractivity contribution in [2.75, 3.05) is 6.54 Å². The summed E-state index contributed by atoms with van der Waals surface area (Å²) in [6, 6.07) is 0.468. The van der Waals surface area contributed by atoms with Crippen LogP contribution in [0.25, 0.3) is 0 Å². The van der Waals surface area contributed by atoms with Gasteiger partial charge in [-0.25, -0.2) is 0 Å². The van der Waals surface area contributed by atoms with Gasteiger partial charge in [-0.1, -0.05) is 12.2 Å². The molecule has 0 bridgehead atoms. The largest absolute Gasteiger partial charge is 0.393 e. The molecule has 1 rings (SSSR count). The van der Waals surface area contributed by atoms with Gasteiger partial charge in [0.05, 0.1) is 6.10 Å². The molecule has 0 fully saturated rings. The number of rotatable bonds is 1. The van der Waals surface area contributed by atoms with Gasteiger partial charge in [0.15, 0.2) is 0 Å². The highest BCUT2D eigenvalue weighted by atomic mass is 16.3. The number of hydrogen-bond acceptors (Lipinski definition) is 2. The predicted octanol–water partition coefficient (Wildman–Crippen LogP) is 0.531. The lowest BCUT2D eigenvalue weighted by Gasteiger charge is -2.23. The normalized spacial score (nSPS) is 35.9. The van der Waals surface area contributed by atoms with Crippen LogP contribution < -0.4 is 5.32 Å². The minimum absolute atomic E-state index is 0.226. The maximum absolute atomic E-state index is 9.17. The molecule has 1 heterocycles. The average molecular weight is 141 g/mol. The van der Waals surface area contributed by atoms with E-state index in [0.717, 1.165) is 6.54 Å². The summed E-state index contributed by atoms with van der Waals surface area (Å²) in [4.78, 5) is 0. The summed E-state index contributed by atoms with van der Waals surface area (Å²) < 4.78 is 0. The Bertz CT molecular complexity index is 131. The van der Waals surface area contributed by atoms with Crippen LogP contribution in [0.1, 0.15) is 13.8 Å². The molecule has 0 aliphatic carbocycles. The van der Waals surface area contributed by atoms with Crippen LogP contribution in [0.2, 0.25) is 0 Å². The maximum Gasteiger partial charge on any atom is 0.0586 e. The van der Waals surface area contributed by atoms with E-state index in [4.69, 9.17) is 0 Å². The molecule has 2 N–H and O–H groups in total. The smallest absolute Gasteiger partial charge is 0.0586 e. The lowest BCUT2D eigenvalue weighted by molar-refractivity contribution is 0.144. The van der Waals surface area contributed by atoms with Gasteiger partial charge in [0.25, 0.3) is 0 Å². The number of aliphatic hydroxyl groups is 1. The second kappa shape index (κ2) is 3.17. The Balaban J connectivity index is 2.45. The quantitative estimate of drug-likeness (QED) is 0.522. The molecular weight excluding hydrogens is 126 g/mol. The molecule has 0 saturated carbocycles. The van der Waals surface area contributed by atoms with Gasteiger partial charge in [-0.15, -0.1) is 0 Å². The predicted molar refractivity (Wildman–Crippen MR) is 41.8 cm³/mol. The fraction of sp³-hybridized carbons (Fsp3) is 0.750. The molecule has 2 heteroatoms. The lowest BCUT2D eigenvalue weighted by Crippen LogP contribution is -2.37. The van der Waals surface area contributed by atoms with Crippen LogP contribution in [0.3, 0.4) is 0 Å². The Labute approximate surface area is 61.9 Å². The Morgan fingerprint density at radius 1 is 1.60 bits per heavy atom. The van der Waals surface area contributed by atoms with Gasteiger partial charge in [0.1, 0.15) is 0 Å². The Morgan fingerprint density at radius 2 is 2.30 bits per heavy atom. The van der Waals surface area contributed by atoms with Crippen molar-refractivity contribution in [3.63, 3.8) is 0 Å². The van der Waals surface area contributed by atoms with Crippen LogP contribution in [-0.2, 0) is 0 Å². The molecule has 0 aromatic carbocycles. The van der Waals surface area contributed by atoms with Crippen LogP contribution in [0.5, 0.6) is 0 Å². The van der Waals surface area contributed by atoms with E-state index >= 15 is 0 Å². The van der Waals surface area contributed by atoms with Crippen molar-refractivity contribution in [2.45, 2.75) is 26.0 Å². The minimum Gasteiger partial charge on any atom is -0.393 e. The Kier molecular flexibility index (Phi) is 2.46. The second-order valence-corrected chi connectivity index (χ2v) is 2.99. The standard InChI is InChI=1S/C8H15NO/c1-6-3-4-8(5-9-6)7(2)10/h3-4,6-10H,5H2,1-2H3. The third-order valence-electron chi connectivity index (χ3n) is 1.94. The molecule has 58 valence electrons. The van der Waals surface area contributed by atoms with Crippen molar-refractivity contribution in [3.05, 3.63) is 12.2 Å². The van der Waals surface area contributed by atoms with Crippen LogP contribution >= 0.6 is 0 Å². The van der Waals surface area contributed by atoms with E-state index in [9.17, 15) is 5.11 Å². The molecule has 1 aliphatic heterocycles. The zero-order valence-electron chi connectivity index (χ0n) is 6.54. The first-order valence-electron chi connectivity index (χ1n) is 3.80. The third-order valence-corrected chi connectivity index (χ3v) is 1.94. The average Bonchev–Trinajstić information content (AvgIpc) is 1.88. The van der Waals surface area contributed by atoms with Gasteiger partial charge in [0, 0.05) is 18.5 Å². The van der Waals surface area contributed by atoms with Crippen molar-refractivity contribution in [1.29, 1.82) is 0 Å². The van der Waals surface area contributed by atoms with Gasteiger partial charge >= 0.3 is 0 Å². The molecule has 0 aromatic rings. The molecule has 0 amide bonds. The van der Waals surface area contributed by atoms with Crippen LogP contribution in [-0.4, -0.2) is 23.8 Å². The molecule has 0 spiro atoms. The molecule has 2 nitrogen and oxygen atoms in total. The number of aliphatic hydroxyl groups excluding tert-OH is 1. The summed E-state index contributed by atoms with van der Waals surface area (Å²) in [6.45, 7) is 4.83. The van der Waals surface area contributed by atoms with Gasteiger partial charge in [-0.3, -0.25) is 0 Å². The van der Waals surface area contributed by atoms with Gasteiger partial charge < -0.3 is 10.4 Å². The molecule has 0 radical (unpaired) electrons. The summed E-state index contributed by atoms with van der Waals surface area (Å²) in [7, 11) is 0. The Morgan fingerprint density at radius 3 is 2.70 bits per heavy atom. The van der Waals surface area contributed by atoms with E-state index < -0.39 is 0 Å². The number of hydrogen-bond donors (Lipinski definition) is 2. The van der Waals surface area contributed by atoms with E-state index in [1.165, 1.54) is 0 Å². The van der Waals surface area contributed by atoms with Crippen molar-refractivity contribution in [1.82, 2.24) is 5.32 Å². The first-order valence-corrected chi connectivity index (χ1v) is 3.80. The summed E-state index contributed by atoms with van der Waals surface area (Å²) in [5, 5.41) is 12.4. The zero-order valence-corrected chi connectivity index (χ0v) is 6.54. The summed E-state index contributed by atoms with van der Waals surface area (Å²) in [5.74, 6) is 0.302. The van der Waals surface area contributed by atoms with E-state index in [2.05, 4.69) is 24.4 Å². The van der Waals surface area contributed by atoms with Crippen molar-refractivity contribution < 1.29 is 5.11 Å². The SMILES string of the molecule is CC1C=CC(C(C)O)CN1. The topological polar surface area (TPSA) is 32.3 Å². The van der Waals surface area contributed by atoms with Gasteiger partial charge in [0.2, 0.25) is 0 Å². The molecule has 0 saturated heterocycles. The molecule has 3 unspecified atom stereocenters. The Hall–Kier alpha value is -0.340.